The number of rotatable bonds is 6. The number of anilines is 1. The quantitative estimate of drug-likeness (QED) is 0.666. The third kappa shape index (κ3) is 5.95. The summed E-state index contributed by atoms with van der Waals surface area (Å²) in [6.45, 7) is 2.01. The van der Waals surface area contributed by atoms with Gasteiger partial charge in [0.25, 0.3) is 5.91 Å². The van der Waals surface area contributed by atoms with E-state index in [-0.39, 0.29) is 24.7 Å². The minimum absolute atomic E-state index is 0.0677. The highest BCUT2D eigenvalue weighted by Gasteiger charge is 2.25. The maximum Gasteiger partial charge on any atom is 0.253 e. The van der Waals surface area contributed by atoms with Crippen LogP contribution in [-0.2, 0) is 0 Å². The molecular formula is C25H29ClN4O3. The SMILES string of the molecule is N#Cc1ccc(O[C@H]2CC[C@H](NC(=O)c3ccc(N4CCC(CO)CC4)nc3)CC2)cc1Cl. The number of amides is 1. The number of aromatic nitrogens is 1. The zero-order chi connectivity index (χ0) is 23.2. The van der Waals surface area contributed by atoms with E-state index in [4.69, 9.17) is 21.6 Å². The van der Waals surface area contributed by atoms with Gasteiger partial charge in [-0.15, -0.1) is 0 Å². The van der Waals surface area contributed by atoms with E-state index in [0.29, 0.717) is 27.8 Å². The van der Waals surface area contributed by atoms with E-state index in [0.717, 1.165) is 57.4 Å². The molecule has 1 aromatic carbocycles. The van der Waals surface area contributed by atoms with Crippen LogP contribution in [0.5, 0.6) is 5.75 Å². The van der Waals surface area contributed by atoms with E-state index < -0.39 is 0 Å². The largest absolute Gasteiger partial charge is 0.490 e. The highest BCUT2D eigenvalue weighted by molar-refractivity contribution is 6.31. The summed E-state index contributed by atoms with van der Waals surface area (Å²) < 4.78 is 6.02. The van der Waals surface area contributed by atoms with Crippen molar-refractivity contribution in [3.63, 3.8) is 0 Å². The van der Waals surface area contributed by atoms with E-state index >= 15 is 0 Å². The van der Waals surface area contributed by atoms with Crippen LogP contribution in [0.2, 0.25) is 5.02 Å². The number of piperidine rings is 1. The topological polar surface area (TPSA) is 98.5 Å². The average Bonchev–Trinajstić information content (AvgIpc) is 2.85. The molecule has 174 valence electrons. The Morgan fingerprint density at radius 3 is 2.55 bits per heavy atom. The molecule has 0 atom stereocenters. The Balaban J connectivity index is 1.24. The van der Waals surface area contributed by atoms with Crippen molar-refractivity contribution < 1.29 is 14.6 Å². The molecule has 0 bridgehead atoms. The number of nitrogens with one attached hydrogen (secondary N) is 1. The predicted octanol–water partition coefficient (Wildman–Crippen LogP) is 3.94. The first-order chi connectivity index (χ1) is 16.1. The molecule has 33 heavy (non-hydrogen) atoms. The van der Waals surface area contributed by atoms with Gasteiger partial charge in [-0.25, -0.2) is 4.98 Å². The summed E-state index contributed by atoms with van der Waals surface area (Å²) in [4.78, 5) is 19.4. The highest BCUT2D eigenvalue weighted by atomic mass is 35.5. The summed E-state index contributed by atoms with van der Waals surface area (Å²) in [5, 5.41) is 21.8. The van der Waals surface area contributed by atoms with E-state index in [1.54, 1.807) is 24.4 Å². The van der Waals surface area contributed by atoms with Gasteiger partial charge in [0.15, 0.2) is 0 Å². The van der Waals surface area contributed by atoms with Gasteiger partial charge in [-0.1, -0.05) is 11.6 Å². The van der Waals surface area contributed by atoms with Crippen molar-refractivity contribution in [3.05, 3.63) is 52.7 Å². The van der Waals surface area contributed by atoms with Crippen LogP contribution in [0.4, 0.5) is 5.82 Å². The van der Waals surface area contributed by atoms with Gasteiger partial charge in [0, 0.05) is 38.0 Å². The van der Waals surface area contributed by atoms with Crippen molar-refractivity contribution in [2.75, 3.05) is 24.6 Å². The fraction of sp³-hybridized carbons (Fsp3) is 0.480. The van der Waals surface area contributed by atoms with Crippen LogP contribution < -0.4 is 15.0 Å². The van der Waals surface area contributed by atoms with Gasteiger partial charge in [0.05, 0.1) is 22.3 Å². The van der Waals surface area contributed by atoms with E-state index in [1.165, 1.54) is 0 Å². The lowest BCUT2D eigenvalue weighted by Gasteiger charge is -2.32. The Kier molecular flexibility index (Phi) is 7.69. The lowest BCUT2D eigenvalue weighted by atomic mass is 9.92. The summed E-state index contributed by atoms with van der Waals surface area (Å²) in [5.74, 6) is 1.83. The molecule has 8 heteroatoms. The molecule has 2 N–H and O–H groups in total. The zero-order valence-electron chi connectivity index (χ0n) is 18.5. The summed E-state index contributed by atoms with van der Waals surface area (Å²) in [7, 11) is 0. The number of halogens is 1. The number of carbonyl (C=O) groups is 1. The van der Waals surface area contributed by atoms with Gasteiger partial charge in [0.2, 0.25) is 0 Å². The predicted molar refractivity (Wildman–Crippen MR) is 127 cm³/mol. The lowest BCUT2D eigenvalue weighted by molar-refractivity contribution is 0.0893. The number of aliphatic hydroxyl groups is 1. The molecule has 4 rings (SSSR count). The smallest absolute Gasteiger partial charge is 0.253 e. The number of nitrogens with zero attached hydrogens (tertiary/aromatic N) is 3. The van der Waals surface area contributed by atoms with Crippen LogP contribution >= 0.6 is 11.6 Å². The van der Waals surface area contributed by atoms with Gasteiger partial charge < -0.3 is 20.1 Å². The Morgan fingerprint density at radius 1 is 1.18 bits per heavy atom. The van der Waals surface area contributed by atoms with Gasteiger partial charge >= 0.3 is 0 Å². The Morgan fingerprint density at radius 2 is 1.94 bits per heavy atom. The van der Waals surface area contributed by atoms with Crippen LogP contribution in [0.3, 0.4) is 0 Å². The average molecular weight is 469 g/mol. The zero-order valence-corrected chi connectivity index (χ0v) is 19.3. The first kappa shape index (κ1) is 23.3. The number of nitriles is 1. The van der Waals surface area contributed by atoms with Crippen molar-refractivity contribution in [1.82, 2.24) is 10.3 Å². The van der Waals surface area contributed by atoms with Gasteiger partial charge in [0.1, 0.15) is 17.6 Å². The number of ether oxygens (including phenoxy) is 1. The molecule has 1 amide bonds. The summed E-state index contributed by atoms with van der Waals surface area (Å²) in [5.41, 5.74) is 0.999. The Hall–Kier alpha value is -2.82. The van der Waals surface area contributed by atoms with Crippen LogP contribution in [0.1, 0.15) is 54.4 Å². The van der Waals surface area contributed by atoms with Crippen LogP contribution in [0.25, 0.3) is 0 Å². The molecule has 1 aliphatic carbocycles. The Labute approximate surface area is 199 Å². The number of hydrogen-bond donors (Lipinski definition) is 2. The molecule has 0 unspecified atom stereocenters. The van der Waals surface area contributed by atoms with Gasteiger partial charge in [-0.2, -0.15) is 5.26 Å². The summed E-state index contributed by atoms with van der Waals surface area (Å²) in [6.07, 6.45) is 6.99. The highest BCUT2D eigenvalue weighted by Crippen LogP contribution is 2.27. The summed E-state index contributed by atoms with van der Waals surface area (Å²) >= 11 is 6.08. The van der Waals surface area contributed by atoms with Crippen LogP contribution in [0.15, 0.2) is 36.5 Å². The van der Waals surface area contributed by atoms with Gasteiger partial charge in [-0.05, 0) is 68.7 Å². The maximum absolute atomic E-state index is 12.7. The second kappa shape index (κ2) is 10.9. The van der Waals surface area contributed by atoms with Crippen molar-refractivity contribution in [2.45, 2.75) is 50.7 Å². The third-order valence-corrected chi connectivity index (χ3v) is 6.89. The fourth-order valence-corrected chi connectivity index (χ4v) is 4.71. The maximum atomic E-state index is 12.7. The van der Waals surface area contributed by atoms with Crippen LogP contribution in [0, 0.1) is 17.2 Å². The monoisotopic (exact) mass is 468 g/mol. The third-order valence-electron chi connectivity index (χ3n) is 6.58. The first-order valence-electron chi connectivity index (χ1n) is 11.5. The van der Waals surface area contributed by atoms with E-state index in [9.17, 15) is 9.90 Å². The molecule has 2 aromatic rings. The molecule has 1 saturated carbocycles. The fourth-order valence-electron chi connectivity index (χ4n) is 4.50. The second-order valence-electron chi connectivity index (χ2n) is 8.84. The molecule has 1 aromatic heterocycles. The second-order valence-corrected chi connectivity index (χ2v) is 9.24. The van der Waals surface area contributed by atoms with Crippen molar-refractivity contribution >= 4 is 23.3 Å². The van der Waals surface area contributed by atoms with E-state index in [2.05, 4.69) is 15.2 Å². The standard InChI is InChI=1S/C25H29ClN4O3/c26-23-13-22(5-1-18(23)14-27)33-21-6-3-20(4-7-21)29-25(32)19-2-8-24(28-15-19)30-11-9-17(16-31)10-12-30/h1-2,5,8,13,15,17,20-21,31H,3-4,6-7,9-12,16H2,(H,29,32)/t20-,21-. The summed E-state index contributed by atoms with van der Waals surface area (Å²) in [6, 6.07) is 11.0. The molecule has 7 nitrogen and oxygen atoms in total. The molecule has 1 aliphatic heterocycles. The van der Waals surface area contributed by atoms with Crippen LogP contribution in [-0.4, -0.2) is 47.8 Å². The number of aliphatic hydroxyl groups excluding tert-OH is 1. The molecule has 0 radical (unpaired) electrons. The van der Waals surface area contributed by atoms with Crippen molar-refractivity contribution in [2.24, 2.45) is 5.92 Å². The van der Waals surface area contributed by atoms with E-state index in [1.807, 2.05) is 18.2 Å². The minimum atomic E-state index is -0.101. The molecule has 2 aliphatic rings. The normalized spacial score (nSPS) is 21.3. The molecule has 1 saturated heterocycles. The molecular weight excluding hydrogens is 440 g/mol. The number of pyridine rings is 1. The molecule has 2 heterocycles. The Bertz CT molecular complexity index is 992. The lowest BCUT2D eigenvalue weighted by Crippen LogP contribution is -2.39. The minimum Gasteiger partial charge on any atom is -0.490 e. The number of carbonyl (C=O) groups excluding carboxylic acids is 1. The first-order valence-corrected chi connectivity index (χ1v) is 11.9. The molecule has 0 spiro atoms. The number of benzene rings is 1. The van der Waals surface area contributed by atoms with Crippen molar-refractivity contribution in [3.8, 4) is 11.8 Å². The van der Waals surface area contributed by atoms with Gasteiger partial charge in [-0.3, -0.25) is 4.79 Å². The number of hydrogen-bond acceptors (Lipinski definition) is 6. The molecule has 2 fully saturated rings. The van der Waals surface area contributed by atoms with Crippen molar-refractivity contribution in [1.29, 1.82) is 5.26 Å².